The Bertz CT molecular complexity index is 1150. The fraction of sp³-hybridized carbons (Fsp3) is 0.160. The maximum atomic E-state index is 12.4. The first kappa shape index (κ1) is 24.6. The summed E-state index contributed by atoms with van der Waals surface area (Å²) in [4.78, 5) is 36.7. The van der Waals surface area contributed by atoms with E-state index in [1.54, 1.807) is 55.6 Å². The monoisotopic (exact) mass is 482 g/mol. The fourth-order valence-electron chi connectivity index (χ4n) is 2.79. The van der Waals surface area contributed by atoms with Gasteiger partial charge in [0.05, 0.1) is 12.7 Å². The summed E-state index contributed by atoms with van der Waals surface area (Å²) < 4.78 is 15.8. The van der Waals surface area contributed by atoms with E-state index in [2.05, 4.69) is 10.6 Å². The Morgan fingerprint density at radius 1 is 0.882 bits per heavy atom. The van der Waals surface area contributed by atoms with E-state index < -0.39 is 18.0 Å². The SMILES string of the molecule is COc1cccc(NC(=O)COc2ccc(C(=O)OC(C)C(=O)Nc3ccc(Cl)cc3)cc2)c1. The molecule has 0 radical (unpaired) electrons. The van der Waals surface area contributed by atoms with Crippen LogP contribution in [0.25, 0.3) is 0 Å². The number of amides is 2. The van der Waals surface area contributed by atoms with Crippen molar-refractivity contribution in [2.24, 2.45) is 0 Å². The largest absolute Gasteiger partial charge is 0.497 e. The van der Waals surface area contributed by atoms with Gasteiger partial charge in [0, 0.05) is 22.5 Å². The van der Waals surface area contributed by atoms with Crippen molar-refractivity contribution in [3.63, 3.8) is 0 Å². The third-order valence-electron chi connectivity index (χ3n) is 4.58. The quantitative estimate of drug-likeness (QED) is 0.434. The average molecular weight is 483 g/mol. The van der Waals surface area contributed by atoms with E-state index in [-0.39, 0.29) is 18.1 Å². The molecule has 2 amide bonds. The molecule has 0 aromatic heterocycles. The lowest BCUT2D eigenvalue weighted by Gasteiger charge is -2.14. The third kappa shape index (κ3) is 7.25. The molecule has 0 bridgehead atoms. The van der Waals surface area contributed by atoms with Crippen LogP contribution in [0, 0.1) is 0 Å². The van der Waals surface area contributed by atoms with E-state index >= 15 is 0 Å². The van der Waals surface area contributed by atoms with Crippen molar-refractivity contribution in [3.05, 3.63) is 83.4 Å². The second-order valence-corrected chi connectivity index (χ2v) is 7.57. The van der Waals surface area contributed by atoms with Gasteiger partial charge in [-0.05, 0) is 67.6 Å². The van der Waals surface area contributed by atoms with Crippen LogP contribution in [-0.4, -0.2) is 37.6 Å². The molecule has 1 atom stereocenters. The van der Waals surface area contributed by atoms with Crippen LogP contribution in [0.5, 0.6) is 11.5 Å². The van der Waals surface area contributed by atoms with Crippen LogP contribution >= 0.6 is 11.6 Å². The van der Waals surface area contributed by atoms with Gasteiger partial charge < -0.3 is 24.8 Å². The number of anilines is 2. The van der Waals surface area contributed by atoms with Gasteiger partial charge in [0.1, 0.15) is 11.5 Å². The molecule has 1 unspecified atom stereocenters. The maximum Gasteiger partial charge on any atom is 0.338 e. The lowest BCUT2D eigenvalue weighted by atomic mass is 10.2. The summed E-state index contributed by atoms with van der Waals surface area (Å²) in [6, 6.07) is 19.6. The number of benzene rings is 3. The minimum Gasteiger partial charge on any atom is -0.497 e. The molecule has 34 heavy (non-hydrogen) atoms. The number of hydrogen-bond acceptors (Lipinski definition) is 6. The lowest BCUT2D eigenvalue weighted by molar-refractivity contribution is -0.123. The zero-order valence-electron chi connectivity index (χ0n) is 18.5. The highest BCUT2D eigenvalue weighted by molar-refractivity contribution is 6.30. The molecule has 9 heteroatoms. The molecule has 2 N–H and O–H groups in total. The van der Waals surface area contributed by atoms with Crippen LogP contribution in [-0.2, 0) is 14.3 Å². The maximum absolute atomic E-state index is 12.4. The number of rotatable bonds is 9. The van der Waals surface area contributed by atoms with E-state index in [4.69, 9.17) is 25.8 Å². The second kappa shape index (κ2) is 11.7. The molecule has 3 rings (SSSR count). The van der Waals surface area contributed by atoms with Gasteiger partial charge in [-0.25, -0.2) is 4.79 Å². The smallest absolute Gasteiger partial charge is 0.338 e. The van der Waals surface area contributed by atoms with Gasteiger partial charge in [0.2, 0.25) is 0 Å². The molecule has 0 fully saturated rings. The first-order chi connectivity index (χ1) is 16.3. The number of carbonyl (C=O) groups excluding carboxylic acids is 3. The molecule has 0 saturated heterocycles. The minimum absolute atomic E-state index is 0.219. The Hall–Kier alpha value is -4.04. The van der Waals surface area contributed by atoms with Gasteiger partial charge in [0.15, 0.2) is 12.7 Å². The molecular formula is C25H23ClN2O6. The number of methoxy groups -OCH3 is 1. The van der Waals surface area contributed by atoms with Crippen LogP contribution in [0.1, 0.15) is 17.3 Å². The van der Waals surface area contributed by atoms with E-state index in [0.29, 0.717) is 27.9 Å². The van der Waals surface area contributed by atoms with Gasteiger partial charge in [-0.3, -0.25) is 9.59 Å². The second-order valence-electron chi connectivity index (χ2n) is 7.14. The molecule has 0 aliphatic rings. The van der Waals surface area contributed by atoms with Crippen molar-refractivity contribution < 1.29 is 28.6 Å². The molecule has 0 spiro atoms. The van der Waals surface area contributed by atoms with Crippen LogP contribution < -0.4 is 20.1 Å². The summed E-state index contributed by atoms with van der Waals surface area (Å²) >= 11 is 5.82. The highest BCUT2D eigenvalue weighted by Gasteiger charge is 2.19. The first-order valence-electron chi connectivity index (χ1n) is 10.3. The molecule has 8 nitrogen and oxygen atoms in total. The van der Waals surface area contributed by atoms with Crippen molar-refractivity contribution in [2.45, 2.75) is 13.0 Å². The van der Waals surface area contributed by atoms with Crippen LogP contribution in [0.2, 0.25) is 5.02 Å². The summed E-state index contributed by atoms with van der Waals surface area (Å²) in [5.74, 6) is -0.472. The lowest BCUT2D eigenvalue weighted by Crippen LogP contribution is -2.30. The zero-order valence-corrected chi connectivity index (χ0v) is 19.3. The van der Waals surface area contributed by atoms with Crippen LogP contribution in [0.3, 0.4) is 0 Å². The molecule has 0 heterocycles. The summed E-state index contributed by atoms with van der Waals surface area (Å²) in [5.41, 5.74) is 1.36. The summed E-state index contributed by atoms with van der Waals surface area (Å²) in [6.07, 6.45) is -1.01. The standard InChI is InChI=1S/C25H23ClN2O6/c1-16(24(30)28-19-10-8-18(26)9-11-19)34-25(31)17-6-12-21(13-7-17)33-15-23(29)27-20-4-3-5-22(14-20)32-2/h3-14,16H,15H2,1-2H3,(H,27,29)(H,28,30). The van der Waals surface area contributed by atoms with Gasteiger partial charge >= 0.3 is 5.97 Å². The molecule has 0 aliphatic carbocycles. The van der Waals surface area contributed by atoms with Gasteiger partial charge in [-0.2, -0.15) is 0 Å². The third-order valence-corrected chi connectivity index (χ3v) is 4.83. The Morgan fingerprint density at radius 2 is 1.59 bits per heavy atom. The topological polar surface area (TPSA) is 103 Å². The highest BCUT2D eigenvalue weighted by Crippen LogP contribution is 2.18. The Labute approximate surface area is 201 Å². The van der Waals surface area contributed by atoms with Crippen molar-refractivity contribution >= 4 is 40.8 Å². The molecule has 0 aliphatic heterocycles. The van der Waals surface area contributed by atoms with Gasteiger partial charge in [0.25, 0.3) is 11.8 Å². The molecule has 0 saturated carbocycles. The van der Waals surface area contributed by atoms with Gasteiger partial charge in [-0.15, -0.1) is 0 Å². The van der Waals surface area contributed by atoms with E-state index in [1.807, 2.05) is 0 Å². The molecule has 3 aromatic rings. The molecule has 3 aromatic carbocycles. The number of esters is 1. The molecule has 176 valence electrons. The normalized spacial score (nSPS) is 11.1. The van der Waals surface area contributed by atoms with Crippen molar-refractivity contribution in [2.75, 3.05) is 24.4 Å². The summed E-state index contributed by atoms with van der Waals surface area (Å²) in [7, 11) is 1.54. The number of carbonyl (C=O) groups is 3. The number of ether oxygens (including phenoxy) is 3. The summed E-state index contributed by atoms with van der Waals surface area (Å²) in [6.45, 7) is 1.25. The van der Waals surface area contributed by atoms with Crippen LogP contribution in [0.4, 0.5) is 11.4 Å². The van der Waals surface area contributed by atoms with Gasteiger partial charge in [-0.1, -0.05) is 17.7 Å². The van der Waals surface area contributed by atoms with E-state index in [9.17, 15) is 14.4 Å². The predicted molar refractivity (Wildman–Crippen MR) is 129 cm³/mol. The van der Waals surface area contributed by atoms with Crippen molar-refractivity contribution in [1.82, 2.24) is 0 Å². The number of hydrogen-bond donors (Lipinski definition) is 2. The minimum atomic E-state index is -1.01. The summed E-state index contributed by atoms with van der Waals surface area (Å²) in [5, 5.41) is 5.90. The first-order valence-corrected chi connectivity index (χ1v) is 10.7. The number of halogens is 1. The Kier molecular flexibility index (Phi) is 8.48. The van der Waals surface area contributed by atoms with E-state index in [0.717, 1.165) is 0 Å². The fourth-order valence-corrected chi connectivity index (χ4v) is 2.92. The molecular weight excluding hydrogens is 460 g/mol. The van der Waals surface area contributed by atoms with Crippen molar-refractivity contribution in [3.8, 4) is 11.5 Å². The number of nitrogens with one attached hydrogen (secondary N) is 2. The van der Waals surface area contributed by atoms with Crippen molar-refractivity contribution in [1.29, 1.82) is 0 Å². The average Bonchev–Trinajstić information content (AvgIpc) is 2.84. The van der Waals surface area contributed by atoms with Crippen LogP contribution in [0.15, 0.2) is 72.8 Å². The Balaban J connectivity index is 1.47. The zero-order chi connectivity index (χ0) is 24.5. The predicted octanol–water partition coefficient (Wildman–Crippen LogP) is 4.55. The highest BCUT2D eigenvalue weighted by atomic mass is 35.5. The van der Waals surface area contributed by atoms with E-state index in [1.165, 1.54) is 31.2 Å². The Morgan fingerprint density at radius 3 is 2.26 bits per heavy atom.